The van der Waals surface area contributed by atoms with Crippen LogP contribution in [-0.4, -0.2) is 24.1 Å². The van der Waals surface area contributed by atoms with E-state index in [9.17, 15) is 4.79 Å². The van der Waals surface area contributed by atoms with Crippen molar-refractivity contribution < 1.29 is 23.1 Å². The average molecular weight is 439 g/mol. The average Bonchev–Trinajstić information content (AvgIpc) is 3.54. The molecule has 160 valence electrons. The molecule has 0 aliphatic rings. The van der Waals surface area contributed by atoms with E-state index in [4.69, 9.17) is 18.3 Å². The van der Waals surface area contributed by atoms with Crippen molar-refractivity contribution in [2.45, 2.75) is 20.3 Å². The molecule has 0 saturated carbocycles. The summed E-state index contributed by atoms with van der Waals surface area (Å²) in [5, 5.41) is 3.30. The van der Waals surface area contributed by atoms with E-state index < -0.39 is 0 Å². The lowest BCUT2D eigenvalue weighted by Crippen LogP contribution is -2.12. The fraction of sp³-hybridized carbons (Fsp3) is 0.217. The molecular formula is C23H22N2O5S. The number of hydrogen-bond donors (Lipinski definition) is 1. The highest BCUT2D eigenvalue weighted by atomic mass is 32.1. The lowest BCUT2D eigenvalue weighted by Gasteiger charge is -2.12. The summed E-state index contributed by atoms with van der Waals surface area (Å²) in [6, 6.07) is 12.4. The number of nitrogens with zero attached hydrogens (tertiary/aromatic N) is 1. The summed E-state index contributed by atoms with van der Waals surface area (Å²) in [6.45, 7) is 4.97. The van der Waals surface area contributed by atoms with Crippen molar-refractivity contribution in [2.75, 3.05) is 18.5 Å². The van der Waals surface area contributed by atoms with Gasteiger partial charge in [0.25, 0.3) is 5.91 Å². The molecule has 31 heavy (non-hydrogen) atoms. The van der Waals surface area contributed by atoms with E-state index in [-0.39, 0.29) is 5.91 Å². The van der Waals surface area contributed by atoms with Gasteiger partial charge >= 0.3 is 0 Å². The molecule has 1 aromatic carbocycles. The molecule has 3 heterocycles. The molecule has 7 nitrogen and oxygen atoms in total. The number of anilines is 1. The monoisotopic (exact) mass is 438 g/mol. The molecule has 3 aromatic heterocycles. The normalized spacial score (nSPS) is 10.8. The van der Waals surface area contributed by atoms with Crippen molar-refractivity contribution in [1.29, 1.82) is 0 Å². The molecule has 0 fully saturated rings. The van der Waals surface area contributed by atoms with Gasteiger partial charge in [0.15, 0.2) is 22.4 Å². The molecule has 0 aliphatic carbocycles. The fourth-order valence-electron chi connectivity index (χ4n) is 2.95. The number of carbonyl (C=O) groups is 1. The third-order valence-corrected chi connectivity index (χ3v) is 5.30. The molecule has 0 aliphatic heterocycles. The smallest absolute Gasteiger partial charge is 0.257 e. The number of furan rings is 2. The van der Waals surface area contributed by atoms with Gasteiger partial charge in [0, 0.05) is 5.56 Å². The van der Waals surface area contributed by atoms with Crippen molar-refractivity contribution >= 4 is 22.4 Å². The minimum atomic E-state index is -0.297. The Kier molecular flexibility index (Phi) is 6.37. The highest BCUT2D eigenvalue weighted by Crippen LogP contribution is 2.39. The van der Waals surface area contributed by atoms with Crippen LogP contribution in [0.15, 0.2) is 63.8 Å². The first kappa shape index (κ1) is 20.7. The zero-order valence-corrected chi connectivity index (χ0v) is 18.0. The summed E-state index contributed by atoms with van der Waals surface area (Å²) >= 11 is 1.31. The molecule has 0 saturated heterocycles. The Morgan fingerprint density at radius 3 is 2.48 bits per heavy atom. The van der Waals surface area contributed by atoms with Crippen LogP contribution in [0.4, 0.5) is 5.13 Å². The van der Waals surface area contributed by atoms with Crippen molar-refractivity contribution in [1.82, 2.24) is 4.98 Å². The number of thiazole rings is 1. The minimum absolute atomic E-state index is 0.297. The Morgan fingerprint density at radius 1 is 1.03 bits per heavy atom. The number of rotatable bonds is 9. The second-order valence-electron chi connectivity index (χ2n) is 6.55. The van der Waals surface area contributed by atoms with Gasteiger partial charge in [-0.2, -0.15) is 0 Å². The first-order chi connectivity index (χ1) is 15.2. The number of ether oxygens (including phenoxy) is 2. The molecule has 1 amide bonds. The van der Waals surface area contributed by atoms with Crippen molar-refractivity contribution in [3.63, 3.8) is 0 Å². The van der Waals surface area contributed by atoms with Crippen LogP contribution in [0.5, 0.6) is 11.5 Å². The molecule has 0 atom stereocenters. The summed E-state index contributed by atoms with van der Waals surface area (Å²) in [7, 11) is 0. The molecular weight excluding hydrogens is 416 g/mol. The van der Waals surface area contributed by atoms with E-state index in [1.165, 1.54) is 11.3 Å². The van der Waals surface area contributed by atoms with Gasteiger partial charge in [0.2, 0.25) is 0 Å². The van der Waals surface area contributed by atoms with E-state index in [1.54, 1.807) is 42.9 Å². The topological polar surface area (TPSA) is 86.7 Å². The van der Waals surface area contributed by atoms with Crippen LogP contribution in [0.25, 0.3) is 22.1 Å². The summed E-state index contributed by atoms with van der Waals surface area (Å²) in [5.41, 5.74) is 1.06. The Balaban J connectivity index is 1.60. The van der Waals surface area contributed by atoms with Crippen LogP contribution in [0.3, 0.4) is 0 Å². The van der Waals surface area contributed by atoms with Gasteiger partial charge in [-0.3, -0.25) is 10.1 Å². The van der Waals surface area contributed by atoms with E-state index in [2.05, 4.69) is 10.3 Å². The molecule has 1 N–H and O–H groups in total. The van der Waals surface area contributed by atoms with Gasteiger partial charge in [-0.15, -0.1) is 0 Å². The van der Waals surface area contributed by atoms with Crippen LogP contribution in [0.2, 0.25) is 0 Å². The maximum absolute atomic E-state index is 12.9. The van der Waals surface area contributed by atoms with Gasteiger partial charge in [0.1, 0.15) is 16.3 Å². The molecule has 0 radical (unpaired) electrons. The third-order valence-electron chi connectivity index (χ3n) is 4.31. The highest BCUT2D eigenvalue weighted by Gasteiger charge is 2.21. The van der Waals surface area contributed by atoms with Crippen LogP contribution >= 0.6 is 11.3 Å². The van der Waals surface area contributed by atoms with Gasteiger partial charge in [-0.05, 0) is 55.8 Å². The highest BCUT2D eigenvalue weighted by molar-refractivity contribution is 7.19. The number of amides is 1. The van der Waals surface area contributed by atoms with Crippen LogP contribution in [0.1, 0.15) is 30.6 Å². The molecule has 4 rings (SSSR count). The largest absolute Gasteiger partial charge is 0.490 e. The third kappa shape index (κ3) is 4.64. The molecule has 4 aromatic rings. The lowest BCUT2D eigenvalue weighted by molar-refractivity contribution is 0.102. The first-order valence-corrected chi connectivity index (χ1v) is 10.8. The quantitative estimate of drug-likeness (QED) is 0.340. The number of benzene rings is 1. The summed E-state index contributed by atoms with van der Waals surface area (Å²) in [4.78, 5) is 18.2. The zero-order valence-electron chi connectivity index (χ0n) is 17.2. The summed E-state index contributed by atoms with van der Waals surface area (Å²) in [6.07, 6.45) is 4.06. The van der Waals surface area contributed by atoms with Gasteiger partial charge in [-0.1, -0.05) is 18.3 Å². The Morgan fingerprint density at radius 2 is 1.81 bits per heavy atom. The number of aromatic nitrogens is 1. The van der Waals surface area contributed by atoms with Crippen molar-refractivity contribution in [3.8, 4) is 33.6 Å². The summed E-state index contributed by atoms with van der Waals surface area (Å²) < 4.78 is 22.4. The molecule has 8 heteroatoms. The minimum Gasteiger partial charge on any atom is -0.490 e. The Hall–Kier alpha value is -3.52. The first-order valence-electron chi connectivity index (χ1n) is 9.99. The molecule has 0 spiro atoms. The maximum atomic E-state index is 12.9. The number of hydrogen-bond acceptors (Lipinski definition) is 7. The van der Waals surface area contributed by atoms with Crippen LogP contribution < -0.4 is 14.8 Å². The van der Waals surface area contributed by atoms with Crippen molar-refractivity contribution in [2.24, 2.45) is 0 Å². The molecule has 0 unspecified atom stereocenters. The maximum Gasteiger partial charge on any atom is 0.257 e. The van der Waals surface area contributed by atoms with Gasteiger partial charge in [-0.25, -0.2) is 4.98 Å². The van der Waals surface area contributed by atoms with E-state index in [0.717, 1.165) is 11.3 Å². The van der Waals surface area contributed by atoms with Crippen LogP contribution in [-0.2, 0) is 0 Å². The Bertz CT molecular complexity index is 1080. The van der Waals surface area contributed by atoms with E-state index in [0.29, 0.717) is 52.6 Å². The van der Waals surface area contributed by atoms with Crippen molar-refractivity contribution in [3.05, 3.63) is 60.6 Å². The lowest BCUT2D eigenvalue weighted by atomic mass is 10.2. The zero-order chi connectivity index (χ0) is 21.6. The SMILES string of the molecule is CCCOc1ccc(C(=O)Nc2nc(-c3ccco3)c(-c3ccco3)s2)cc1OCC. The van der Waals surface area contributed by atoms with E-state index >= 15 is 0 Å². The van der Waals surface area contributed by atoms with Crippen LogP contribution in [0, 0.1) is 0 Å². The number of nitrogens with one attached hydrogen (secondary N) is 1. The molecule has 0 bridgehead atoms. The standard InChI is InChI=1S/C23H22N2O5S/c1-3-11-28-16-10-9-15(14-19(16)27-4-2)22(26)25-23-24-20(17-7-5-12-29-17)21(31-23)18-8-6-13-30-18/h5-10,12-14H,3-4,11H2,1-2H3,(H,24,25,26). The summed E-state index contributed by atoms with van der Waals surface area (Å²) in [5.74, 6) is 2.11. The van der Waals surface area contributed by atoms with E-state index in [1.807, 2.05) is 26.0 Å². The van der Waals surface area contributed by atoms with Gasteiger partial charge < -0.3 is 18.3 Å². The van der Waals surface area contributed by atoms with Gasteiger partial charge in [0.05, 0.1) is 25.7 Å². The predicted molar refractivity (Wildman–Crippen MR) is 119 cm³/mol. The fourth-order valence-corrected chi connectivity index (χ4v) is 3.88. The number of carbonyl (C=O) groups excluding carboxylic acids is 1. The second-order valence-corrected chi connectivity index (χ2v) is 7.55. The second kappa shape index (κ2) is 9.53. The Labute approximate surface area is 183 Å². The predicted octanol–water partition coefficient (Wildman–Crippen LogP) is 6.10.